The van der Waals surface area contributed by atoms with Gasteiger partial charge in [-0.05, 0) is 36.0 Å². The van der Waals surface area contributed by atoms with E-state index >= 15 is 0 Å². The van der Waals surface area contributed by atoms with Crippen LogP contribution in [0.5, 0.6) is 5.75 Å². The van der Waals surface area contributed by atoms with Crippen molar-refractivity contribution < 1.29 is 19.4 Å². The van der Waals surface area contributed by atoms with Crippen molar-refractivity contribution in [3.63, 3.8) is 0 Å². The van der Waals surface area contributed by atoms with E-state index in [0.29, 0.717) is 17.2 Å². The van der Waals surface area contributed by atoms with Crippen molar-refractivity contribution in [1.29, 1.82) is 0 Å². The Hall–Kier alpha value is -2.05. The molecule has 2 N–H and O–H groups in total. The number of nitrogens with one attached hydrogen (secondary N) is 1. The first-order valence-corrected chi connectivity index (χ1v) is 11.4. The molecular formula is C23H30ClNO4S. The molecule has 0 amide bonds. The highest BCUT2D eigenvalue weighted by Gasteiger charge is 2.25. The lowest BCUT2D eigenvalue weighted by Crippen LogP contribution is -2.26. The number of hydrogen-bond donors (Lipinski definition) is 2. The lowest BCUT2D eigenvalue weighted by atomic mass is 9.82. The van der Waals surface area contributed by atoms with E-state index in [2.05, 4.69) is 33.0 Å². The van der Waals surface area contributed by atoms with Gasteiger partial charge in [0.2, 0.25) is 0 Å². The number of rotatable bonds is 12. The minimum absolute atomic E-state index is 0.0104. The van der Waals surface area contributed by atoms with E-state index in [1.165, 1.54) is 0 Å². The van der Waals surface area contributed by atoms with Gasteiger partial charge in [0, 0.05) is 11.7 Å². The van der Waals surface area contributed by atoms with Crippen molar-refractivity contribution in [2.24, 2.45) is 5.41 Å². The number of aromatic carboxylic acids is 1. The maximum atomic E-state index is 11.6. The van der Waals surface area contributed by atoms with Gasteiger partial charge < -0.3 is 15.2 Å². The van der Waals surface area contributed by atoms with Crippen LogP contribution in [0.2, 0.25) is 5.02 Å². The topological polar surface area (TPSA) is 75.6 Å². The second-order valence-electron chi connectivity index (χ2n) is 8.12. The van der Waals surface area contributed by atoms with Gasteiger partial charge in [0.25, 0.3) is 0 Å². The molecule has 30 heavy (non-hydrogen) atoms. The summed E-state index contributed by atoms with van der Waals surface area (Å²) >= 11 is 7.49. The number of aldehydes is 1. The van der Waals surface area contributed by atoms with Crippen LogP contribution in [0, 0.1) is 5.41 Å². The maximum absolute atomic E-state index is 11.6. The van der Waals surface area contributed by atoms with Crippen LogP contribution >= 0.6 is 22.9 Å². The number of anilines is 1. The van der Waals surface area contributed by atoms with Crippen LogP contribution in [-0.2, 0) is 4.79 Å². The summed E-state index contributed by atoms with van der Waals surface area (Å²) in [6, 6.07) is 8.15. The molecule has 2 aromatic rings. The van der Waals surface area contributed by atoms with Gasteiger partial charge in [-0.3, -0.25) is 4.79 Å². The first-order valence-electron chi connectivity index (χ1n) is 10.2. The van der Waals surface area contributed by atoms with E-state index < -0.39 is 5.97 Å². The summed E-state index contributed by atoms with van der Waals surface area (Å²) in [6.45, 7) is 8.72. The van der Waals surface area contributed by atoms with Gasteiger partial charge >= 0.3 is 5.97 Å². The number of carbonyl (C=O) groups excluding carboxylic acids is 1. The summed E-state index contributed by atoms with van der Waals surface area (Å²) in [5.74, 6) is -1.09. The highest BCUT2D eigenvalue weighted by atomic mass is 35.5. The minimum Gasteiger partial charge on any atom is -0.483 e. The Morgan fingerprint density at radius 1 is 1.37 bits per heavy atom. The predicted molar refractivity (Wildman–Crippen MR) is 124 cm³/mol. The van der Waals surface area contributed by atoms with E-state index in [1.54, 1.807) is 0 Å². The van der Waals surface area contributed by atoms with Crippen molar-refractivity contribution in [3.8, 4) is 16.2 Å². The van der Waals surface area contributed by atoms with E-state index in [-0.39, 0.29) is 27.7 Å². The Labute approximate surface area is 187 Å². The van der Waals surface area contributed by atoms with Crippen LogP contribution in [0.25, 0.3) is 10.4 Å². The summed E-state index contributed by atoms with van der Waals surface area (Å²) in [6.07, 6.45) is 4.90. The van der Waals surface area contributed by atoms with Gasteiger partial charge in [0.1, 0.15) is 11.6 Å². The van der Waals surface area contributed by atoms with Crippen LogP contribution in [-0.4, -0.2) is 30.0 Å². The second-order valence-corrected chi connectivity index (χ2v) is 9.52. The van der Waals surface area contributed by atoms with Crippen LogP contribution in [0.3, 0.4) is 0 Å². The molecule has 1 aromatic carbocycles. The van der Waals surface area contributed by atoms with E-state index in [9.17, 15) is 14.7 Å². The number of thiophene rings is 1. The van der Waals surface area contributed by atoms with Gasteiger partial charge in [0.15, 0.2) is 16.9 Å². The Balaban J connectivity index is 2.34. The van der Waals surface area contributed by atoms with Crippen LogP contribution < -0.4 is 10.1 Å². The molecule has 0 bridgehead atoms. The van der Waals surface area contributed by atoms with E-state index in [4.69, 9.17) is 16.3 Å². The van der Waals surface area contributed by atoms with Gasteiger partial charge in [-0.1, -0.05) is 64.3 Å². The number of carbonyl (C=O) groups is 2. The Morgan fingerprint density at radius 2 is 2.10 bits per heavy atom. The fourth-order valence-corrected chi connectivity index (χ4v) is 4.74. The Bertz CT molecular complexity index is 878. The van der Waals surface area contributed by atoms with Crippen molar-refractivity contribution in [2.75, 3.05) is 11.9 Å². The molecule has 7 heteroatoms. The fraction of sp³-hybridized carbons (Fsp3) is 0.478. The summed E-state index contributed by atoms with van der Waals surface area (Å²) < 4.78 is 5.29. The van der Waals surface area contributed by atoms with E-state index in [1.807, 2.05) is 24.3 Å². The molecule has 1 atom stereocenters. The number of carboxylic acids is 1. The summed E-state index contributed by atoms with van der Waals surface area (Å²) in [5.41, 5.74) is 2.03. The molecule has 0 aliphatic carbocycles. The molecule has 0 fully saturated rings. The lowest BCUT2D eigenvalue weighted by Gasteiger charge is -2.30. The Kier molecular flexibility index (Phi) is 8.74. The molecule has 5 nitrogen and oxygen atoms in total. The summed E-state index contributed by atoms with van der Waals surface area (Å²) in [4.78, 5) is 22.8. The average Bonchev–Trinajstić information content (AvgIpc) is 3.03. The maximum Gasteiger partial charge on any atom is 0.349 e. The monoisotopic (exact) mass is 451 g/mol. The molecule has 1 heterocycles. The van der Waals surface area contributed by atoms with Crippen molar-refractivity contribution in [1.82, 2.24) is 0 Å². The molecule has 0 aliphatic rings. The second kappa shape index (κ2) is 10.8. The minimum atomic E-state index is -1.13. The van der Waals surface area contributed by atoms with Crippen LogP contribution in [0.1, 0.15) is 63.0 Å². The third-order valence-corrected chi connectivity index (χ3v) is 6.87. The number of ether oxygens (including phenoxy) is 1. The highest BCUT2D eigenvalue weighted by molar-refractivity contribution is 7.18. The third-order valence-electron chi connectivity index (χ3n) is 5.19. The summed E-state index contributed by atoms with van der Waals surface area (Å²) in [7, 11) is 0. The number of hydrogen-bond acceptors (Lipinski definition) is 5. The first-order chi connectivity index (χ1) is 14.2. The summed E-state index contributed by atoms with van der Waals surface area (Å²) in [5, 5.41) is 13.3. The molecule has 0 radical (unpaired) electrons. The van der Waals surface area contributed by atoms with Crippen LogP contribution in [0.15, 0.2) is 24.3 Å². The molecule has 0 saturated heterocycles. The molecule has 0 saturated carbocycles. The number of carboxylic acid groups (broad SMARTS) is 1. The molecule has 1 unspecified atom stereocenters. The Morgan fingerprint density at radius 3 is 2.70 bits per heavy atom. The lowest BCUT2D eigenvalue weighted by molar-refractivity contribution is -0.109. The molecule has 1 aromatic heterocycles. The number of halogens is 1. The molecule has 164 valence electrons. The molecule has 2 rings (SSSR count). The fourth-order valence-electron chi connectivity index (χ4n) is 3.34. The van der Waals surface area contributed by atoms with E-state index in [0.717, 1.165) is 48.3 Å². The highest BCUT2D eigenvalue weighted by Crippen LogP contribution is 2.46. The standard InChI is InChI=1S/C23H30ClNO4S/c1-5-8-17(14-23(3,4)6-2)25-16-10-7-9-15(13-16)20-18(24)19(29-12-11-26)21(30-20)22(27)28/h7,9-11,13,17,25H,5-6,8,12,14H2,1-4H3,(H,27,28). The average molecular weight is 452 g/mol. The van der Waals surface area contributed by atoms with Crippen molar-refractivity contribution in [2.45, 2.75) is 59.4 Å². The molecule has 0 aliphatic heterocycles. The predicted octanol–water partition coefficient (Wildman–Crippen LogP) is 6.75. The van der Waals surface area contributed by atoms with Gasteiger partial charge in [0.05, 0.1) is 4.88 Å². The van der Waals surface area contributed by atoms with Crippen LogP contribution in [0.4, 0.5) is 5.69 Å². The zero-order valence-corrected chi connectivity index (χ0v) is 19.5. The van der Waals surface area contributed by atoms with Gasteiger partial charge in [-0.2, -0.15) is 0 Å². The van der Waals surface area contributed by atoms with Gasteiger partial charge in [-0.15, -0.1) is 11.3 Å². The molecular weight excluding hydrogens is 422 g/mol. The zero-order chi connectivity index (χ0) is 22.3. The van der Waals surface area contributed by atoms with Crippen molar-refractivity contribution >= 4 is 40.9 Å². The molecule has 0 spiro atoms. The quantitative estimate of drug-likeness (QED) is 0.349. The van der Waals surface area contributed by atoms with Crippen molar-refractivity contribution in [3.05, 3.63) is 34.2 Å². The smallest absolute Gasteiger partial charge is 0.349 e. The normalized spacial score (nSPS) is 12.4. The van der Waals surface area contributed by atoms with Gasteiger partial charge in [-0.25, -0.2) is 4.79 Å². The first kappa shape index (κ1) is 24.2. The number of benzene rings is 1. The largest absolute Gasteiger partial charge is 0.483 e. The zero-order valence-electron chi connectivity index (χ0n) is 18.0. The SMILES string of the molecule is CCCC(CC(C)(C)CC)Nc1cccc(-c2sc(C(=O)O)c(OCC=O)c2Cl)c1. The third kappa shape index (κ3) is 6.22.